The van der Waals surface area contributed by atoms with Crippen LogP contribution >= 0.6 is 11.6 Å². The summed E-state index contributed by atoms with van der Waals surface area (Å²) < 4.78 is 5.25. The fourth-order valence-electron chi connectivity index (χ4n) is 1.42. The Labute approximate surface area is 101 Å². The first-order valence-corrected chi connectivity index (χ1v) is 5.29. The molecular weight excluding hydrogens is 246 g/mol. The summed E-state index contributed by atoms with van der Waals surface area (Å²) in [5.41, 5.74) is 1.24. The maximum absolute atomic E-state index is 10.7. The van der Waals surface area contributed by atoms with Gasteiger partial charge in [0.05, 0.1) is 4.92 Å². The third-order valence-corrected chi connectivity index (χ3v) is 2.45. The van der Waals surface area contributed by atoms with Crippen molar-refractivity contribution in [3.8, 4) is 11.5 Å². The van der Waals surface area contributed by atoms with Gasteiger partial charge in [0.15, 0.2) is 0 Å². The second-order valence-corrected chi connectivity index (χ2v) is 3.66. The van der Waals surface area contributed by atoms with Crippen LogP contribution in [0.3, 0.4) is 0 Å². The van der Waals surface area contributed by atoms with Gasteiger partial charge in [-0.2, -0.15) is 0 Å². The first kappa shape index (κ1) is 11.5. The fraction of sp³-hybridized carbons (Fsp3) is 0.200. The van der Waals surface area contributed by atoms with E-state index in [9.17, 15) is 10.1 Å². The number of alkyl halides is 1. The van der Waals surface area contributed by atoms with Crippen molar-refractivity contribution >= 4 is 17.3 Å². The molecule has 2 aromatic rings. The number of rotatable bonds is 3. The van der Waals surface area contributed by atoms with E-state index in [1.807, 2.05) is 0 Å². The van der Waals surface area contributed by atoms with Crippen LogP contribution in [0.1, 0.15) is 11.5 Å². The molecule has 0 aliphatic rings. The summed E-state index contributed by atoms with van der Waals surface area (Å²) in [7, 11) is 0. The zero-order chi connectivity index (χ0) is 12.4. The number of nitro benzene ring substituents is 1. The number of halogens is 1. The van der Waals surface area contributed by atoms with Gasteiger partial charge >= 0.3 is 0 Å². The Hall–Kier alpha value is -1.95. The number of hydrogen-bond acceptors (Lipinski definition) is 5. The maximum atomic E-state index is 10.7. The van der Waals surface area contributed by atoms with E-state index in [0.717, 1.165) is 0 Å². The van der Waals surface area contributed by atoms with Gasteiger partial charge in [-0.3, -0.25) is 10.1 Å². The van der Waals surface area contributed by atoms with Crippen LogP contribution in [0.2, 0.25) is 0 Å². The Morgan fingerprint density at radius 3 is 2.76 bits per heavy atom. The lowest BCUT2D eigenvalue weighted by molar-refractivity contribution is -0.385. The SMILES string of the molecule is Cc1cc(-c2nnc(CCl)o2)ccc1[N+](=O)[O-]. The second kappa shape index (κ2) is 4.50. The van der Waals surface area contributed by atoms with Crippen molar-refractivity contribution < 1.29 is 9.34 Å². The van der Waals surface area contributed by atoms with Gasteiger partial charge in [-0.1, -0.05) is 0 Å². The molecule has 0 saturated carbocycles. The van der Waals surface area contributed by atoms with Gasteiger partial charge < -0.3 is 4.42 Å². The van der Waals surface area contributed by atoms with Crippen LogP contribution in [0.5, 0.6) is 0 Å². The molecule has 17 heavy (non-hydrogen) atoms. The van der Waals surface area contributed by atoms with Crippen LogP contribution in [-0.2, 0) is 5.88 Å². The molecule has 88 valence electrons. The minimum absolute atomic E-state index is 0.0610. The molecule has 0 aliphatic heterocycles. The Morgan fingerprint density at radius 1 is 1.47 bits per heavy atom. The van der Waals surface area contributed by atoms with Crippen molar-refractivity contribution in [1.29, 1.82) is 0 Å². The summed E-state index contributed by atoms with van der Waals surface area (Å²) in [4.78, 5) is 10.2. The molecule has 6 nitrogen and oxygen atoms in total. The molecule has 0 radical (unpaired) electrons. The quantitative estimate of drug-likeness (QED) is 0.477. The zero-order valence-corrected chi connectivity index (χ0v) is 9.64. The standard InChI is InChI=1S/C10H8ClN3O3/c1-6-4-7(2-3-8(6)14(15)16)10-13-12-9(5-11)17-10/h2-4H,5H2,1H3. The van der Waals surface area contributed by atoms with Gasteiger partial charge in [-0.05, 0) is 19.1 Å². The highest BCUT2D eigenvalue weighted by Gasteiger charge is 2.14. The molecular formula is C10H8ClN3O3. The molecule has 0 saturated heterocycles. The van der Waals surface area contributed by atoms with Crippen LogP contribution in [0, 0.1) is 17.0 Å². The molecule has 0 bridgehead atoms. The largest absolute Gasteiger partial charge is 0.419 e. The second-order valence-electron chi connectivity index (χ2n) is 3.39. The van der Waals surface area contributed by atoms with Gasteiger partial charge in [0, 0.05) is 17.2 Å². The summed E-state index contributed by atoms with van der Waals surface area (Å²) in [6.07, 6.45) is 0. The molecule has 2 rings (SSSR count). The minimum atomic E-state index is -0.433. The Balaban J connectivity index is 2.40. The van der Waals surface area contributed by atoms with Crippen LogP contribution in [-0.4, -0.2) is 15.1 Å². The maximum Gasteiger partial charge on any atom is 0.272 e. The van der Waals surface area contributed by atoms with E-state index >= 15 is 0 Å². The Bertz CT molecular complexity index is 568. The summed E-state index contributed by atoms with van der Waals surface area (Å²) in [5, 5.41) is 18.2. The molecule has 0 amide bonds. The van der Waals surface area contributed by atoms with Gasteiger partial charge in [-0.15, -0.1) is 21.8 Å². The summed E-state index contributed by atoms with van der Waals surface area (Å²) in [6, 6.07) is 4.61. The topological polar surface area (TPSA) is 82.1 Å². The van der Waals surface area contributed by atoms with Crippen LogP contribution in [0.4, 0.5) is 5.69 Å². The average Bonchev–Trinajstić information content (AvgIpc) is 2.76. The minimum Gasteiger partial charge on any atom is -0.419 e. The molecule has 7 heteroatoms. The van der Waals surface area contributed by atoms with Gasteiger partial charge in [0.25, 0.3) is 5.69 Å². The predicted molar refractivity (Wildman–Crippen MR) is 60.7 cm³/mol. The first-order chi connectivity index (χ1) is 8.11. The molecule has 1 aromatic heterocycles. The number of hydrogen-bond donors (Lipinski definition) is 0. The van der Waals surface area contributed by atoms with E-state index in [1.165, 1.54) is 6.07 Å². The average molecular weight is 254 g/mol. The van der Waals surface area contributed by atoms with Crippen molar-refractivity contribution in [2.75, 3.05) is 0 Å². The van der Waals surface area contributed by atoms with E-state index < -0.39 is 4.92 Å². The fourth-order valence-corrected chi connectivity index (χ4v) is 1.53. The molecule has 0 fully saturated rings. The first-order valence-electron chi connectivity index (χ1n) is 4.75. The van der Waals surface area contributed by atoms with E-state index in [0.29, 0.717) is 22.9 Å². The van der Waals surface area contributed by atoms with Crippen molar-refractivity contribution in [3.05, 3.63) is 39.8 Å². The number of aromatic nitrogens is 2. The van der Waals surface area contributed by atoms with Crippen LogP contribution in [0.25, 0.3) is 11.5 Å². The molecule has 1 aromatic carbocycles. The summed E-state index contributed by atoms with van der Waals surface area (Å²) in [5.74, 6) is 0.759. The van der Waals surface area contributed by atoms with E-state index in [1.54, 1.807) is 19.1 Å². The summed E-state index contributed by atoms with van der Waals surface area (Å²) >= 11 is 5.54. The van der Waals surface area contributed by atoms with Gasteiger partial charge in [-0.25, -0.2) is 0 Å². The predicted octanol–water partition coefficient (Wildman–Crippen LogP) is 2.69. The highest BCUT2D eigenvalue weighted by molar-refractivity contribution is 6.16. The highest BCUT2D eigenvalue weighted by Crippen LogP contribution is 2.25. The van der Waals surface area contributed by atoms with Crippen molar-refractivity contribution in [1.82, 2.24) is 10.2 Å². The van der Waals surface area contributed by atoms with Gasteiger partial charge in [0.1, 0.15) is 5.88 Å². The molecule has 0 N–H and O–H groups in total. The number of aryl methyl sites for hydroxylation is 1. The van der Waals surface area contributed by atoms with Crippen LogP contribution < -0.4 is 0 Å². The molecule has 0 spiro atoms. The van der Waals surface area contributed by atoms with Crippen LogP contribution in [0.15, 0.2) is 22.6 Å². The lowest BCUT2D eigenvalue weighted by atomic mass is 10.1. The lowest BCUT2D eigenvalue weighted by Gasteiger charge is -1.98. The Kier molecular flexibility index (Phi) is 3.06. The monoisotopic (exact) mass is 253 g/mol. The molecule has 0 aliphatic carbocycles. The number of nitrogens with zero attached hydrogens (tertiary/aromatic N) is 3. The molecule has 0 atom stereocenters. The zero-order valence-electron chi connectivity index (χ0n) is 8.88. The number of benzene rings is 1. The third-order valence-electron chi connectivity index (χ3n) is 2.22. The van der Waals surface area contributed by atoms with E-state index in [-0.39, 0.29) is 11.6 Å². The molecule has 1 heterocycles. The van der Waals surface area contributed by atoms with E-state index in [2.05, 4.69) is 10.2 Å². The van der Waals surface area contributed by atoms with Crippen molar-refractivity contribution in [2.45, 2.75) is 12.8 Å². The number of nitro groups is 1. The Morgan fingerprint density at radius 2 is 2.24 bits per heavy atom. The van der Waals surface area contributed by atoms with Crippen molar-refractivity contribution in [2.24, 2.45) is 0 Å². The summed E-state index contributed by atoms with van der Waals surface area (Å²) in [6.45, 7) is 1.65. The molecule has 0 unspecified atom stereocenters. The smallest absolute Gasteiger partial charge is 0.272 e. The third kappa shape index (κ3) is 2.26. The lowest BCUT2D eigenvalue weighted by Crippen LogP contribution is -1.91. The highest BCUT2D eigenvalue weighted by atomic mass is 35.5. The van der Waals surface area contributed by atoms with Gasteiger partial charge in [0.2, 0.25) is 11.8 Å². The van der Waals surface area contributed by atoms with Crippen molar-refractivity contribution in [3.63, 3.8) is 0 Å². The normalized spacial score (nSPS) is 10.5. The van der Waals surface area contributed by atoms with E-state index in [4.69, 9.17) is 16.0 Å².